The number of nitrogen functional groups attached to an aromatic ring is 1. The van der Waals surface area contributed by atoms with Gasteiger partial charge in [0.25, 0.3) is 0 Å². The van der Waals surface area contributed by atoms with E-state index >= 15 is 0 Å². The molecule has 0 saturated carbocycles. The van der Waals surface area contributed by atoms with Gasteiger partial charge in [-0.15, -0.1) is 0 Å². The van der Waals surface area contributed by atoms with E-state index in [1.165, 1.54) is 11.1 Å². The number of nitrogens with zero attached hydrogens (tertiary/aromatic N) is 2. The Bertz CT molecular complexity index is 1140. The minimum atomic E-state index is 0.0418. The van der Waals surface area contributed by atoms with E-state index in [-0.39, 0.29) is 5.84 Å². The molecule has 126 valence electrons. The van der Waals surface area contributed by atoms with Crippen LogP contribution in [0.5, 0.6) is 0 Å². The third-order valence-corrected chi connectivity index (χ3v) is 5.33. The van der Waals surface area contributed by atoms with Crippen molar-refractivity contribution in [2.45, 2.75) is 20.3 Å². The molecule has 5 N–H and O–H groups in total. The van der Waals surface area contributed by atoms with Gasteiger partial charge < -0.3 is 15.7 Å². The van der Waals surface area contributed by atoms with Crippen LogP contribution in [-0.4, -0.2) is 25.8 Å². The Morgan fingerprint density at radius 2 is 1.80 bits per heavy atom. The van der Waals surface area contributed by atoms with Crippen LogP contribution in [0.25, 0.3) is 22.1 Å². The minimum Gasteiger partial charge on any atom is -0.384 e. The number of halogens is 1. The van der Waals surface area contributed by atoms with Crippen LogP contribution in [0.1, 0.15) is 28.3 Å². The summed E-state index contributed by atoms with van der Waals surface area (Å²) in [5, 5.41) is 7.53. The standard InChI is InChI=1S/C18H17BrN6/c1-8-9(2)17-14(6-11(8)19)24-16(25-17)7-15-22-12-4-3-10(18(20)21)5-13(12)23-15/h3-6H,7H2,1-2H3,(H3,20,21)(H,22,23)(H,24,25). The van der Waals surface area contributed by atoms with E-state index in [0.29, 0.717) is 12.0 Å². The molecule has 4 aromatic rings. The number of fused-ring (bicyclic) bond motifs is 2. The number of imidazole rings is 2. The van der Waals surface area contributed by atoms with E-state index in [1.54, 1.807) is 0 Å². The van der Waals surface area contributed by atoms with Gasteiger partial charge >= 0.3 is 0 Å². The Labute approximate surface area is 152 Å². The van der Waals surface area contributed by atoms with Crippen LogP contribution in [0, 0.1) is 19.3 Å². The second-order valence-electron chi connectivity index (χ2n) is 6.19. The van der Waals surface area contributed by atoms with Crippen LogP contribution >= 0.6 is 15.9 Å². The number of aryl methyl sites for hydroxylation is 1. The molecule has 0 amide bonds. The van der Waals surface area contributed by atoms with Gasteiger partial charge in [0, 0.05) is 10.0 Å². The van der Waals surface area contributed by atoms with Gasteiger partial charge in [0.15, 0.2) is 0 Å². The van der Waals surface area contributed by atoms with Crippen LogP contribution in [0.3, 0.4) is 0 Å². The lowest BCUT2D eigenvalue weighted by molar-refractivity contribution is 0.959. The second-order valence-corrected chi connectivity index (χ2v) is 7.05. The fraction of sp³-hybridized carbons (Fsp3) is 0.167. The maximum atomic E-state index is 7.53. The molecule has 0 radical (unpaired) electrons. The molecule has 4 rings (SSSR count). The molecule has 7 heteroatoms. The zero-order valence-electron chi connectivity index (χ0n) is 13.9. The number of rotatable bonds is 3. The number of nitrogens with one attached hydrogen (secondary N) is 3. The average Bonchev–Trinajstić information content (AvgIpc) is 3.15. The number of benzene rings is 2. The number of amidine groups is 1. The molecule has 0 aliphatic rings. The fourth-order valence-electron chi connectivity index (χ4n) is 2.97. The number of aromatic nitrogens is 4. The molecule has 0 saturated heterocycles. The summed E-state index contributed by atoms with van der Waals surface area (Å²) in [5.41, 5.74) is 12.3. The first-order valence-corrected chi connectivity index (χ1v) is 8.69. The average molecular weight is 397 g/mol. The highest BCUT2D eigenvalue weighted by Crippen LogP contribution is 2.27. The van der Waals surface area contributed by atoms with E-state index in [4.69, 9.17) is 16.1 Å². The predicted molar refractivity (Wildman–Crippen MR) is 103 cm³/mol. The van der Waals surface area contributed by atoms with Gasteiger partial charge in [-0.25, -0.2) is 9.97 Å². The molecule has 0 aliphatic carbocycles. The van der Waals surface area contributed by atoms with Gasteiger partial charge in [0.2, 0.25) is 0 Å². The smallest absolute Gasteiger partial charge is 0.122 e. The Morgan fingerprint density at radius 3 is 2.56 bits per heavy atom. The van der Waals surface area contributed by atoms with Gasteiger partial charge in [-0.1, -0.05) is 15.9 Å². The minimum absolute atomic E-state index is 0.0418. The second kappa shape index (κ2) is 5.70. The third kappa shape index (κ3) is 2.70. The van der Waals surface area contributed by atoms with Crippen molar-refractivity contribution in [3.8, 4) is 0 Å². The van der Waals surface area contributed by atoms with Crippen LogP contribution < -0.4 is 5.73 Å². The Morgan fingerprint density at radius 1 is 1.08 bits per heavy atom. The number of nitrogens with two attached hydrogens (primary N) is 1. The Hall–Kier alpha value is -2.67. The van der Waals surface area contributed by atoms with Crippen molar-refractivity contribution in [1.82, 2.24) is 19.9 Å². The summed E-state index contributed by atoms with van der Waals surface area (Å²) in [6, 6.07) is 7.59. The first kappa shape index (κ1) is 15.8. The van der Waals surface area contributed by atoms with Crippen molar-refractivity contribution in [2.75, 3.05) is 0 Å². The lowest BCUT2D eigenvalue weighted by atomic mass is 10.1. The number of hydrogen-bond acceptors (Lipinski definition) is 3. The molecule has 0 unspecified atom stereocenters. The van der Waals surface area contributed by atoms with Crippen molar-refractivity contribution in [3.05, 3.63) is 57.1 Å². The van der Waals surface area contributed by atoms with Crippen molar-refractivity contribution in [3.63, 3.8) is 0 Å². The molecule has 0 spiro atoms. The predicted octanol–water partition coefficient (Wildman–Crippen LogP) is 3.69. The van der Waals surface area contributed by atoms with E-state index < -0.39 is 0 Å². The third-order valence-electron chi connectivity index (χ3n) is 4.51. The van der Waals surface area contributed by atoms with Gasteiger partial charge in [-0.2, -0.15) is 0 Å². The van der Waals surface area contributed by atoms with Gasteiger partial charge in [-0.3, -0.25) is 5.41 Å². The zero-order chi connectivity index (χ0) is 17.7. The van der Waals surface area contributed by atoms with Crippen molar-refractivity contribution < 1.29 is 0 Å². The lowest BCUT2D eigenvalue weighted by Crippen LogP contribution is -2.10. The summed E-state index contributed by atoms with van der Waals surface area (Å²) in [6.07, 6.45) is 0.578. The van der Waals surface area contributed by atoms with E-state index in [2.05, 4.69) is 50.8 Å². The molecule has 2 heterocycles. The summed E-state index contributed by atoms with van der Waals surface area (Å²) in [7, 11) is 0. The van der Waals surface area contributed by atoms with E-state index in [1.807, 2.05) is 18.2 Å². The molecule has 0 bridgehead atoms. The molecule has 2 aromatic heterocycles. The highest BCUT2D eigenvalue weighted by molar-refractivity contribution is 9.10. The Balaban J connectivity index is 1.72. The molecule has 2 aromatic carbocycles. The number of aromatic amines is 2. The monoisotopic (exact) mass is 396 g/mol. The van der Waals surface area contributed by atoms with Gasteiger partial charge in [0.1, 0.15) is 17.5 Å². The van der Waals surface area contributed by atoms with Crippen molar-refractivity contribution >= 4 is 43.8 Å². The SMILES string of the molecule is Cc1c(Br)cc2[nH]c(Cc3nc4cc(C(=N)N)ccc4[nH]3)nc2c1C. The molecule has 0 atom stereocenters. The summed E-state index contributed by atoms with van der Waals surface area (Å²) >= 11 is 3.59. The highest BCUT2D eigenvalue weighted by atomic mass is 79.9. The molecular weight excluding hydrogens is 380 g/mol. The van der Waals surface area contributed by atoms with Gasteiger partial charge in [0.05, 0.1) is 28.5 Å². The quantitative estimate of drug-likeness (QED) is 0.313. The van der Waals surface area contributed by atoms with E-state index in [0.717, 1.165) is 38.2 Å². The summed E-state index contributed by atoms with van der Waals surface area (Å²) in [6.45, 7) is 4.16. The molecule has 6 nitrogen and oxygen atoms in total. The maximum Gasteiger partial charge on any atom is 0.122 e. The first-order chi connectivity index (χ1) is 11.9. The molecule has 0 fully saturated rings. The molecule has 25 heavy (non-hydrogen) atoms. The van der Waals surface area contributed by atoms with Crippen LogP contribution in [-0.2, 0) is 6.42 Å². The fourth-order valence-corrected chi connectivity index (χ4v) is 3.50. The van der Waals surface area contributed by atoms with Gasteiger partial charge in [-0.05, 0) is 49.2 Å². The Kier molecular flexibility index (Phi) is 3.61. The molecular formula is C18H17BrN6. The summed E-state index contributed by atoms with van der Waals surface area (Å²) in [5.74, 6) is 1.73. The van der Waals surface area contributed by atoms with Crippen LogP contribution in [0.15, 0.2) is 28.7 Å². The summed E-state index contributed by atoms with van der Waals surface area (Å²) < 4.78 is 1.08. The number of hydrogen-bond donors (Lipinski definition) is 4. The summed E-state index contributed by atoms with van der Waals surface area (Å²) in [4.78, 5) is 16.0. The van der Waals surface area contributed by atoms with Crippen molar-refractivity contribution in [2.24, 2.45) is 5.73 Å². The number of H-pyrrole nitrogens is 2. The lowest BCUT2D eigenvalue weighted by Gasteiger charge is -2.02. The molecule has 0 aliphatic heterocycles. The van der Waals surface area contributed by atoms with E-state index in [9.17, 15) is 0 Å². The first-order valence-electron chi connectivity index (χ1n) is 7.89. The van der Waals surface area contributed by atoms with Crippen LogP contribution in [0.2, 0.25) is 0 Å². The largest absolute Gasteiger partial charge is 0.384 e. The topological polar surface area (TPSA) is 107 Å². The zero-order valence-corrected chi connectivity index (χ0v) is 15.5. The van der Waals surface area contributed by atoms with Crippen LogP contribution in [0.4, 0.5) is 0 Å². The maximum absolute atomic E-state index is 7.53. The van der Waals surface area contributed by atoms with Crippen molar-refractivity contribution in [1.29, 1.82) is 5.41 Å². The highest BCUT2D eigenvalue weighted by Gasteiger charge is 2.12. The normalized spacial score (nSPS) is 11.5.